The Morgan fingerprint density at radius 1 is 1.17 bits per heavy atom. The van der Waals surface area contributed by atoms with E-state index in [0.717, 1.165) is 30.9 Å². The molecule has 0 spiro atoms. The van der Waals surface area contributed by atoms with Gasteiger partial charge in [0.05, 0.1) is 11.9 Å². The van der Waals surface area contributed by atoms with E-state index in [-0.39, 0.29) is 0 Å². The molecular formula is C14H15Cl2CuN5S. The van der Waals surface area contributed by atoms with Gasteiger partial charge in [-0.1, -0.05) is 12.1 Å². The maximum atomic E-state index is 5.11. The van der Waals surface area contributed by atoms with Gasteiger partial charge in [0.25, 0.3) is 0 Å². The van der Waals surface area contributed by atoms with E-state index >= 15 is 0 Å². The number of hydrogen-bond acceptors (Lipinski definition) is 4. The van der Waals surface area contributed by atoms with Crippen molar-refractivity contribution in [2.45, 2.75) is 6.42 Å². The third kappa shape index (κ3) is 10.2. The molecule has 0 aliphatic rings. The van der Waals surface area contributed by atoms with E-state index in [1.54, 1.807) is 18.6 Å². The molecule has 0 aliphatic heterocycles. The Morgan fingerprint density at radius 2 is 1.87 bits per heavy atom. The SMILES string of the molecule is S=C(NCCc1ccccn1)NN=Cc1ccccn1.[Cl][Cu][Cl]. The first-order valence-corrected chi connectivity index (χ1v) is 9.45. The first kappa shape index (κ1) is 19.8. The standard InChI is InChI=1S/C14H15N5S.2ClH.Cu/c20-14(17-10-7-12-5-1-3-8-15-12)19-18-11-13-6-2-4-9-16-13;;;/h1-6,8-9,11H,7,10H2,(H2,17,19,20);2*1H;/q;;;+2/p-2. The molecule has 0 saturated carbocycles. The molecule has 0 saturated heterocycles. The number of nitrogens with one attached hydrogen (secondary N) is 2. The van der Waals surface area contributed by atoms with Gasteiger partial charge < -0.3 is 5.32 Å². The van der Waals surface area contributed by atoms with Crippen LogP contribution < -0.4 is 10.7 Å². The molecule has 0 unspecified atom stereocenters. The van der Waals surface area contributed by atoms with Gasteiger partial charge >= 0.3 is 33.3 Å². The van der Waals surface area contributed by atoms with E-state index < -0.39 is 0 Å². The molecular weight excluding hydrogens is 405 g/mol. The predicted molar refractivity (Wildman–Crippen MR) is 95.2 cm³/mol. The Hall–Kier alpha value is -1.24. The molecule has 5 nitrogen and oxygen atoms in total. The summed E-state index contributed by atoms with van der Waals surface area (Å²) in [5, 5.41) is 7.55. The average molecular weight is 420 g/mol. The zero-order valence-electron chi connectivity index (χ0n) is 11.9. The van der Waals surface area contributed by atoms with Crippen molar-refractivity contribution >= 4 is 43.7 Å². The van der Waals surface area contributed by atoms with Crippen LogP contribution in [0, 0.1) is 0 Å². The van der Waals surface area contributed by atoms with Gasteiger partial charge in [-0.3, -0.25) is 15.4 Å². The molecule has 23 heavy (non-hydrogen) atoms. The van der Waals surface area contributed by atoms with E-state index in [1.165, 1.54) is 0 Å². The van der Waals surface area contributed by atoms with Crippen LogP contribution in [0.15, 0.2) is 53.9 Å². The summed E-state index contributed by atoms with van der Waals surface area (Å²) >= 11 is 5.86. The zero-order valence-corrected chi connectivity index (χ0v) is 15.2. The van der Waals surface area contributed by atoms with Gasteiger partial charge in [-0.05, 0) is 36.5 Å². The fourth-order valence-corrected chi connectivity index (χ4v) is 1.65. The first-order chi connectivity index (χ1) is 11.3. The van der Waals surface area contributed by atoms with Gasteiger partial charge in [-0.25, -0.2) is 0 Å². The second-order valence-corrected chi connectivity index (χ2v) is 5.96. The minimum atomic E-state index is 0.480. The predicted octanol–water partition coefficient (Wildman–Crippen LogP) is 2.89. The van der Waals surface area contributed by atoms with E-state index in [0.29, 0.717) is 11.7 Å². The van der Waals surface area contributed by atoms with E-state index in [2.05, 4.69) is 46.0 Å². The fourth-order valence-electron chi connectivity index (χ4n) is 1.50. The minimum absolute atomic E-state index is 0.480. The summed E-state index contributed by atoms with van der Waals surface area (Å²) in [5.74, 6) is 0. The van der Waals surface area contributed by atoms with Crippen molar-refractivity contribution in [2.75, 3.05) is 6.54 Å². The molecule has 127 valence electrons. The Labute approximate surface area is 155 Å². The zero-order chi connectivity index (χ0) is 16.8. The molecule has 2 N–H and O–H groups in total. The van der Waals surface area contributed by atoms with Gasteiger partial charge in [-0.2, -0.15) is 5.10 Å². The maximum absolute atomic E-state index is 5.11. The van der Waals surface area contributed by atoms with Crippen molar-refractivity contribution in [1.82, 2.24) is 20.7 Å². The molecule has 0 bridgehead atoms. The normalized spacial score (nSPS) is 10.0. The summed E-state index contributed by atoms with van der Waals surface area (Å²) in [6, 6.07) is 11.5. The van der Waals surface area contributed by atoms with Crippen molar-refractivity contribution in [3.05, 3.63) is 60.2 Å². The molecule has 0 fully saturated rings. The Kier molecular flexibility index (Phi) is 11.4. The molecule has 0 atom stereocenters. The van der Waals surface area contributed by atoms with Crippen molar-refractivity contribution in [3.8, 4) is 0 Å². The Bertz CT molecular complexity index is 586. The summed E-state index contributed by atoms with van der Waals surface area (Å²) in [6.07, 6.45) is 5.92. The molecule has 0 aromatic carbocycles. The number of halogens is 2. The van der Waals surface area contributed by atoms with Gasteiger partial charge in [0.1, 0.15) is 0 Å². The van der Waals surface area contributed by atoms with E-state index in [1.807, 2.05) is 36.4 Å². The third-order valence-corrected chi connectivity index (χ3v) is 2.68. The van der Waals surface area contributed by atoms with Crippen molar-refractivity contribution in [1.29, 1.82) is 0 Å². The van der Waals surface area contributed by atoms with Crippen molar-refractivity contribution in [3.63, 3.8) is 0 Å². The monoisotopic (exact) mass is 418 g/mol. The average Bonchev–Trinajstić information content (AvgIpc) is 2.57. The van der Waals surface area contributed by atoms with Crippen LogP contribution in [-0.4, -0.2) is 27.8 Å². The van der Waals surface area contributed by atoms with Crippen LogP contribution in [0.1, 0.15) is 11.4 Å². The van der Waals surface area contributed by atoms with Crippen LogP contribution in [0.2, 0.25) is 0 Å². The molecule has 0 aliphatic carbocycles. The number of hydrazone groups is 1. The van der Waals surface area contributed by atoms with Crippen LogP contribution in [-0.2, 0) is 19.6 Å². The van der Waals surface area contributed by atoms with Crippen LogP contribution in [0.5, 0.6) is 0 Å². The molecule has 9 heteroatoms. The van der Waals surface area contributed by atoms with Gasteiger partial charge in [-0.15, -0.1) is 0 Å². The van der Waals surface area contributed by atoms with E-state index in [4.69, 9.17) is 12.2 Å². The third-order valence-electron chi connectivity index (χ3n) is 2.44. The topological polar surface area (TPSA) is 62.2 Å². The number of rotatable bonds is 5. The molecule has 2 aromatic rings. The molecule has 2 aromatic heterocycles. The van der Waals surface area contributed by atoms with Crippen LogP contribution in [0.4, 0.5) is 0 Å². The first-order valence-electron chi connectivity index (χ1n) is 6.45. The number of nitrogens with zero attached hydrogens (tertiary/aromatic N) is 3. The van der Waals surface area contributed by atoms with Gasteiger partial charge in [0.2, 0.25) is 0 Å². The van der Waals surface area contributed by atoms with Crippen LogP contribution >= 0.6 is 32.4 Å². The van der Waals surface area contributed by atoms with Crippen LogP contribution in [0.25, 0.3) is 0 Å². The molecule has 0 radical (unpaired) electrons. The number of aromatic nitrogens is 2. The fraction of sp³-hybridized carbons (Fsp3) is 0.143. The quantitative estimate of drug-likeness (QED) is 0.338. The Morgan fingerprint density at radius 3 is 2.48 bits per heavy atom. The summed E-state index contributed by atoms with van der Waals surface area (Å²) in [5.41, 5.74) is 4.55. The van der Waals surface area contributed by atoms with Crippen LogP contribution in [0.3, 0.4) is 0 Å². The summed E-state index contributed by atoms with van der Waals surface area (Å²) in [4.78, 5) is 8.35. The number of thiocarbonyl (C=S) groups is 1. The molecule has 2 heterocycles. The van der Waals surface area contributed by atoms with E-state index in [9.17, 15) is 0 Å². The van der Waals surface area contributed by atoms with Gasteiger partial charge in [0, 0.05) is 31.1 Å². The number of hydrogen-bond donors (Lipinski definition) is 2. The van der Waals surface area contributed by atoms with Gasteiger partial charge in [0.15, 0.2) is 5.11 Å². The summed E-state index contributed by atoms with van der Waals surface area (Å²) in [6.45, 7) is 0.710. The van der Waals surface area contributed by atoms with Crippen molar-refractivity contribution in [2.24, 2.45) is 5.10 Å². The second-order valence-electron chi connectivity index (χ2n) is 3.99. The second kappa shape index (κ2) is 13.2. The Balaban J connectivity index is 0.000000816. The number of pyridine rings is 2. The molecule has 0 amide bonds. The summed E-state index contributed by atoms with van der Waals surface area (Å²) in [7, 11) is 9.34. The van der Waals surface area contributed by atoms with Crippen molar-refractivity contribution < 1.29 is 13.1 Å². The molecule has 2 rings (SSSR count). The summed E-state index contributed by atoms with van der Waals surface area (Å²) < 4.78 is 0.